The van der Waals surface area contributed by atoms with Crippen LogP contribution in [0.1, 0.15) is 45.6 Å². The Morgan fingerprint density at radius 2 is 1.63 bits per heavy atom. The molecule has 0 spiro atoms. The molecule has 0 radical (unpaired) electrons. The monoisotopic (exact) mass is 296 g/mol. The van der Waals surface area contributed by atoms with Gasteiger partial charge in [-0.05, 0) is 64.2 Å². The third-order valence-corrected chi connectivity index (χ3v) is 3.75. The van der Waals surface area contributed by atoms with Gasteiger partial charge in [-0.3, -0.25) is 0 Å². The predicted molar refractivity (Wildman–Crippen MR) is 87.2 cm³/mol. The smallest absolute Gasteiger partial charge is 0.0452 e. The number of hydrogen-bond donors (Lipinski definition) is 0. The molecule has 19 heavy (non-hydrogen) atoms. The minimum absolute atomic E-state index is 0.767. The highest BCUT2D eigenvalue weighted by Crippen LogP contribution is 2.25. The summed E-state index contributed by atoms with van der Waals surface area (Å²) in [5.74, 6) is 0. The summed E-state index contributed by atoms with van der Waals surface area (Å²) in [5.41, 5.74) is 3.87. The molecular weight excluding hydrogens is 275 g/mol. The zero-order valence-corrected chi connectivity index (χ0v) is 13.5. The Hall–Kier alpha value is -0.720. The van der Waals surface area contributed by atoms with Crippen molar-refractivity contribution in [2.24, 2.45) is 0 Å². The molecule has 1 rings (SSSR count). The normalized spacial score (nSPS) is 11.5. The Bertz CT molecular complexity index is 446. The first-order valence-corrected chi connectivity index (χ1v) is 7.48. The van der Waals surface area contributed by atoms with Crippen LogP contribution in [0.2, 0.25) is 10.0 Å². The second-order valence-electron chi connectivity index (χ2n) is 5.11. The van der Waals surface area contributed by atoms with Crippen molar-refractivity contribution < 1.29 is 0 Å². The maximum Gasteiger partial charge on any atom is 0.0452 e. The van der Waals surface area contributed by atoms with E-state index in [9.17, 15) is 0 Å². The maximum atomic E-state index is 6.15. The highest BCUT2D eigenvalue weighted by molar-refractivity contribution is 6.35. The summed E-state index contributed by atoms with van der Waals surface area (Å²) in [5, 5.41) is 1.53. The Morgan fingerprint density at radius 1 is 1.00 bits per heavy atom. The van der Waals surface area contributed by atoms with Gasteiger partial charge in [0.2, 0.25) is 0 Å². The first kappa shape index (κ1) is 16.3. The van der Waals surface area contributed by atoms with Crippen LogP contribution in [0.25, 0.3) is 0 Å². The number of halogens is 2. The lowest BCUT2D eigenvalue weighted by atomic mass is 10.1. The predicted octanol–water partition coefficient (Wildman–Crippen LogP) is 6.62. The van der Waals surface area contributed by atoms with Crippen molar-refractivity contribution in [2.75, 3.05) is 0 Å². The van der Waals surface area contributed by atoms with Gasteiger partial charge in [0.1, 0.15) is 0 Å². The zero-order valence-electron chi connectivity index (χ0n) is 12.0. The Kier molecular flexibility index (Phi) is 7.27. The van der Waals surface area contributed by atoms with Gasteiger partial charge in [0, 0.05) is 10.0 Å². The fraction of sp³-hybridized carbons (Fsp3) is 0.412. The van der Waals surface area contributed by atoms with E-state index in [1.54, 1.807) is 0 Å². The van der Waals surface area contributed by atoms with Crippen molar-refractivity contribution in [1.29, 1.82) is 0 Å². The molecule has 0 aliphatic rings. The van der Waals surface area contributed by atoms with Gasteiger partial charge in [0.25, 0.3) is 0 Å². The van der Waals surface area contributed by atoms with Gasteiger partial charge in [-0.2, -0.15) is 0 Å². The number of allylic oxidation sites excluding steroid dienone is 4. The SMILES string of the molecule is CC(C)=CCCC(C)=CCCc1c(Cl)cccc1Cl. The maximum absolute atomic E-state index is 6.15. The van der Waals surface area contributed by atoms with Gasteiger partial charge in [-0.1, -0.05) is 52.6 Å². The molecule has 0 amide bonds. The first-order chi connectivity index (χ1) is 9.00. The minimum atomic E-state index is 0.767. The Labute approximate surface area is 127 Å². The molecule has 1 aromatic rings. The molecule has 0 fully saturated rings. The van der Waals surface area contributed by atoms with Crippen molar-refractivity contribution in [3.63, 3.8) is 0 Å². The van der Waals surface area contributed by atoms with Crippen LogP contribution in [0, 0.1) is 0 Å². The summed E-state index contributed by atoms with van der Waals surface area (Å²) in [7, 11) is 0. The molecule has 0 heterocycles. The largest absolute Gasteiger partial charge is 0.0856 e. The lowest BCUT2D eigenvalue weighted by molar-refractivity contribution is 0.926. The van der Waals surface area contributed by atoms with E-state index in [-0.39, 0.29) is 0 Å². The van der Waals surface area contributed by atoms with Gasteiger partial charge in [0.05, 0.1) is 0 Å². The van der Waals surface area contributed by atoms with Gasteiger partial charge >= 0.3 is 0 Å². The second-order valence-corrected chi connectivity index (χ2v) is 5.92. The average Bonchev–Trinajstić information content (AvgIpc) is 2.32. The van der Waals surface area contributed by atoms with E-state index in [1.165, 1.54) is 11.1 Å². The van der Waals surface area contributed by atoms with E-state index >= 15 is 0 Å². The van der Waals surface area contributed by atoms with E-state index in [4.69, 9.17) is 23.2 Å². The third kappa shape index (κ3) is 6.31. The Morgan fingerprint density at radius 3 is 2.21 bits per heavy atom. The van der Waals surface area contributed by atoms with Gasteiger partial charge in [-0.15, -0.1) is 0 Å². The lowest BCUT2D eigenvalue weighted by Gasteiger charge is -2.05. The van der Waals surface area contributed by atoms with Crippen molar-refractivity contribution in [3.05, 3.63) is 57.1 Å². The molecular formula is C17H22Cl2. The fourth-order valence-corrected chi connectivity index (χ4v) is 2.51. The molecule has 0 N–H and O–H groups in total. The van der Waals surface area contributed by atoms with Gasteiger partial charge in [0.15, 0.2) is 0 Å². The van der Waals surface area contributed by atoms with Crippen molar-refractivity contribution >= 4 is 23.2 Å². The van der Waals surface area contributed by atoms with Crippen LogP contribution in [0.3, 0.4) is 0 Å². The van der Waals surface area contributed by atoms with Crippen LogP contribution in [-0.4, -0.2) is 0 Å². The molecule has 0 saturated carbocycles. The van der Waals surface area contributed by atoms with Gasteiger partial charge < -0.3 is 0 Å². The van der Waals surface area contributed by atoms with Crippen LogP contribution < -0.4 is 0 Å². The van der Waals surface area contributed by atoms with Crippen LogP contribution in [0.5, 0.6) is 0 Å². The topological polar surface area (TPSA) is 0 Å². The summed E-state index contributed by atoms with van der Waals surface area (Å²) < 4.78 is 0. The summed E-state index contributed by atoms with van der Waals surface area (Å²) in [6.45, 7) is 6.46. The molecule has 0 atom stereocenters. The standard InChI is InChI=1S/C17H22Cl2/c1-13(2)7-4-8-14(3)9-5-10-15-16(18)11-6-12-17(15)19/h6-7,9,11-12H,4-5,8,10H2,1-3H3. The number of benzene rings is 1. The highest BCUT2D eigenvalue weighted by Gasteiger charge is 2.03. The molecule has 0 saturated heterocycles. The Balaban J connectivity index is 2.46. The molecule has 0 unspecified atom stereocenters. The molecule has 0 aliphatic carbocycles. The highest BCUT2D eigenvalue weighted by atomic mass is 35.5. The first-order valence-electron chi connectivity index (χ1n) is 6.72. The van der Waals surface area contributed by atoms with Crippen LogP contribution in [0.15, 0.2) is 41.5 Å². The average molecular weight is 297 g/mol. The molecule has 0 aliphatic heterocycles. The van der Waals surface area contributed by atoms with E-state index < -0.39 is 0 Å². The number of rotatable bonds is 6. The van der Waals surface area contributed by atoms with E-state index in [0.717, 1.165) is 41.3 Å². The molecule has 0 nitrogen and oxygen atoms in total. The quantitative estimate of drug-likeness (QED) is 0.518. The van der Waals surface area contributed by atoms with Crippen LogP contribution >= 0.6 is 23.2 Å². The van der Waals surface area contributed by atoms with Crippen LogP contribution in [-0.2, 0) is 6.42 Å². The zero-order chi connectivity index (χ0) is 14.3. The lowest BCUT2D eigenvalue weighted by Crippen LogP contribution is -1.88. The summed E-state index contributed by atoms with van der Waals surface area (Å²) in [6.07, 6.45) is 8.71. The van der Waals surface area contributed by atoms with E-state index in [1.807, 2.05) is 18.2 Å². The fourth-order valence-electron chi connectivity index (χ4n) is 1.92. The van der Waals surface area contributed by atoms with Crippen molar-refractivity contribution in [3.8, 4) is 0 Å². The molecule has 0 bridgehead atoms. The summed E-state index contributed by atoms with van der Waals surface area (Å²) in [6, 6.07) is 5.68. The summed E-state index contributed by atoms with van der Waals surface area (Å²) >= 11 is 12.3. The third-order valence-electron chi connectivity index (χ3n) is 3.04. The molecule has 1 aromatic carbocycles. The van der Waals surface area contributed by atoms with E-state index in [0.29, 0.717) is 0 Å². The molecule has 104 valence electrons. The van der Waals surface area contributed by atoms with Crippen molar-refractivity contribution in [2.45, 2.75) is 46.5 Å². The minimum Gasteiger partial charge on any atom is -0.0856 e. The van der Waals surface area contributed by atoms with Crippen molar-refractivity contribution in [1.82, 2.24) is 0 Å². The summed E-state index contributed by atoms with van der Waals surface area (Å²) in [4.78, 5) is 0. The number of hydrogen-bond acceptors (Lipinski definition) is 0. The molecule has 2 heteroatoms. The van der Waals surface area contributed by atoms with E-state index in [2.05, 4.69) is 32.9 Å². The van der Waals surface area contributed by atoms with Gasteiger partial charge in [-0.25, -0.2) is 0 Å². The molecule has 0 aromatic heterocycles. The van der Waals surface area contributed by atoms with Crippen LogP contribution in [0.4, 0.5) is 0 Å². The second kappa shape index (κ2) is 8.45.